The maximum Gasteiger partial charge on any atom is 0.292 e. The minimum atomic E-state index is -0.576. The van der Waals surface area contributed by atoms with Crippen molar-refractivity contribution in [3.8, 4) is 6.07 Å². The van der Waals surface area contributed by atoms with Crippen molar-refractivity contribution in [2.24, 2.45) is 0 Å². The molecule has 1 aliphatic rings. The summed E-state index contributed by atoms with van der Waals surface area (Å²) in [5.74, 6) is 0.274. The van der Waals surface area contributed by atoms with Gasteiger partial charge in [-0.05, 0) is 25.0 Å². The summed E-state index contributed by atoms with van der Waals surface area (Å²) >= 11 is 6.32. The van der Waals surface area contributed by atoms with Gasteiger partial charge in [0.15, 0.2) is 11.0 Å². The van der Waals surface area contributed by atoms with Crippen molar-refractivity contribution < 1.29 is 9.72 Å². The smallest absolute Gasteiger partial charge is 0.292 e. The lowest BCUT2D eigenvalue weighted by Crippen LogP contribution is -2.37. The van der Waals surface area contributed by atoms with Gasteiger partial charge in [-0.3, -0.25) is 19.8 Å². The standard InChI is InChI=1S/C19H20ClN7O3/c1-22-16-17(20)24-19(23-14-9-12(10-21)7-8-15(14)27(29)30)25-18(16)26(11-28)13-5-3-2-4-6-13/h7-9,11,13,22H,2-6H2,1H3,(H,23,24,25). The normalized spacial score (nSPS) is 13.9. The van der Waals surface area contributed by atoms with Crippen LogP contribution in [-0.2, 0) is 4.79 Å². The first kappa shape index (κ1) is 21.3. The van der Waals surface area contributed by atoms with Gasteiger partial charge in [0.2, 0.25) is 12.4 Å². The summed E-state index contributed by atoms with van der Waals surface area (Å²) in [5, 5.41) is 26.2. The first-order valence-corrected chi connectivity index (χ1v) is 9.80. The van der Waals surface area contributed by atoms with Crippen LogP contribution in [0.15, 0.2) is 18.2 Å². The summed E-state index contributed by atoms with van der Waals surface area (Å²) in [5.41, 5.74) is 0.430. The molecule has 1 aliphatic carbocycles. The molecule has 2 aromatic rings. The first-order chi connectivity index (χ1) is 14.5. The molecule has 0 atom stereocenters. The van der Waals surface area contributed by atoms with E-state index in [0.29, 0.717) is 11.5 Å². The van der Waals surface area contributed by atoms with Crippen LogP contribution in [-0.4, -0.2) is 34.4 Å². The number of aromatic nitrogens is 2. The number of hydrogen-bond acceptors (Lipinski definition) is 8. The Morgan fingerprint density at radius 3 is 2.67 bits per heavy atom. The fourth-order valence-electron chi connectivity index (χ4n) is 3.53. The fraction of sp³-hybridized carbons (Fsp3) is 0.368. The predicted molar refractivity (Wildman–Crippen MR) is 113 cm³/mol. The third-order valence-electron chi connectivity index (χ3n) is 4.99. The van der Waals surface area contributed by atoms with Crippen LogP contribution in [0, 0.1) is 21.4 Å². The Hall–Kier alpha value is -3.45. The van der Waals surface area contributed by atoms with E-state index < -0.39 is 4.92 Å². The molecule has 1 aromatic carbocycles. The largest absolute Gasteiger partial charge is 0.383 e. The van der Waals surface area contributed by atoms with Gasteiger partial charge in [-0.2, -0.15) is 15.2 Å². The summed E-state index contributed by atoms with van der Waals surface area (Å²) in [7, 11) is 1.65. The molecule has 156 valence electrons. The zero-order valence-electron chi connectivity index (χ0n) is 16.3. The van der Waals surface area contributed by atoms with E-state index >= 15 is 0 Å². The zero-order valence-corrected chi connectivity index (χ0v) is 17.0. The van der Waals surface area contributed by atoms with E-state index in [4.69, 9.17) is 16.9 Å². The van der Waals surface area contributed by atoms with Crippen molar-refractivity contribution in [2.75, 3.05) is 22.6 Å². The molecule has 0 aliphatic heterocycles. The highest BCUT2D eigenvalue weighted by Gasteiger charge is 2.27. The molecule has 30 heavy (non-hydrogen) atoms. The third kappa shape index (κ3) is 4.41. The minimum absolute atomic E-state index is 0.0154. The highest BCUT2D eigenvalue weighted by atomic mass is 35.5. The maximum absolute atomic E-state index is 11.9. The van der Waals surface area contributed by atoms with Gasteiger partial charge in [-0.25, -0.2) is 0 Å². The molecular formula is C19H20ClN7O3. The molecule has 1 heterocycles. The second-order valence-electron chi connectivity index (χ2n) is 6.82. The SMILES string of the molecule is CNc1c(Cl)nc(Nc2cc(C#N)ccc2[N+](=O)[O-])nc1N(C=O)C1CCCCC1. The molecule has 0 spiro atoms. The molecule has 1 amide bonds. The maximum atomic E-state index is 11.9. The van der Waals surface area contributed by atoms with E-state index in [1.807, 2.05) is 6.07 Å². The average molecular weight is 430 g/mol. The molecule has 2 N–H and O–H groups in total. The molecule has 0 radical (unpaired) electrons. The number of nitriles is 1. The quantitative estimate of drug-likeness (QED) is 0.291. The number of rotatable bonds is 7. The first-order valence-electron chi connectivity index (χ1n) is 9.43. The predicted octanol–water partition coefficient (Wildman–Crippen LogP) is 3.99. The van der Waals surface area contributed by atoms with Crippen LogP contribution >= 0.6 is 11.6 Å². The monoisotopic (exact) mass is 429 g/mol. The van der Waals surface area contributed by atoms with E-state index in [9.17, 15) is 14.9 Å². The minimum Gasteiger partial charge on any atom is -0.383 e. The van der Waals surface area contributed by atoms with Crippen LogP contribution < -0.4 is 15.5 Å². The highest BCUT2D eigenvalue weighted by Crippen LogP contribution is 2.36. The molecule has 0 saturated heterocycles. The Labute approximate surface area is 178 Å². The van der Waals surface area contributed by atoms with Crippen molar-refractivity contribution in [1.29, 1.82) is 5.26 Å². The number of nitro benzene ring substituents is 1. The van der Waals surface area contributed by atoms with Crippen LogP contribution in [0.4, 0.5) is 28.8 Å². The Bertz CT molecular complexity index is 1000. The zero-order chi connectivity index (χ0) is 21.7. The number of nitrogens with one attached hydrogen (secondary N) is 2. The summed E-state index contributed by atoms with van der Waals surface area (Å²) in [4.78, 5) is 32.8. The van der Waals surface area contributed by atoms with Gasteiger partial charge in [0.05, 0.1) is 16.6 Å². The van der Waals surface area contributed by atoms with Crippen molar-refractivity contribution in [1.82, 2.24) is 9.97 Å². The number of carbonyl (C=O) groups is 1. The Kier molecular flexibility index (Phi) is 6.64. The van der Waals surface area contributed by atoms with E-state index in [1.54, 1.807) is 7.05 Å². The molecular weight excluding hydrogens is 410 g/mol. The number of amides is 1. The molecule has 3 rings (SSSR count). The number of carbonyl (C=O) groups excluding carboxylic acids is 1. The van der Waals surface area contributed by atoms with Gasteiger partial charge in [-0.1, -0.05) is 30.9 Å². The van der Waals surface area contributed by atoms with Gasteiger partial charge >= 0.3 is 0 Å². The lowest BCUT2D eigenvalue weighted by Gasteiger charge is -2.31. The second-order valence-corrected chi connectivity index (χ2v) is 7.17. The summed E-state index contributed by atoms with van der Waals surface area (Å²) in [6.45, 7) is 0. The van der Waals surface area contributed by atoms with E-state index in [2.05, 4.69) is 20.6 Å². The molecule has 1 fully saturated rings. The number of benzene rings is 1. The number of anilines is 4. The van der Waals surface area contributed by atoms with Gasteiger partial charge in [-0.15, -0.1) is 0 Å². The second kappa shape index (κ2) is 9.37. The number of nitro groups is 1. The lowest BCUT2D eigenvalue weighted by atomic mass is 9.94. The third-order valence-corrected chi connectivity index (χ3v) is 5.26. The van der Waals surface area contributed by atoms with Crippen LogP contribution in [0.25, 0.3) is 0 Å². The van der Waals surface area contributed by atoms with Crippen molar-refractivity contribution in [2.45, 2.75) is 38.1 Å². The topological polar surface area (TPSA) is 137 Å². The summed E-state index contributed by atoms with van der Waals surface area (Å²) in [6, 6.07) is 5.83. The van der Waals surface area contributed by atoms with Crippen LogP contribution in [0.2, 0.25) is 5.15 Å². The lowest BCUT2D eigenvalue weighted by molar-refractivity contribution is -0.383. The molecule has 11 heteroatoms. The van der Waals surface area contributed by atoms with E-state index in [0.717, 1.165) is 38.5 Å². The number of nitrogens with zero attached hydrogens (tertiary/aromatic N) is 5. The Morgan fingerprint density at radius 2 is 2.07 bits per heavy atom. The molecule has 0 bridgehead atoms. The van der Waals surface area contributed by atoms with E-state index in [1.165, 1.54) is 23.1 Å². The van der Waals surface area contributed by atoms with Crippen LogP contribution in [0.5, 0.6) is 0 Å². The molecule has 10 nitrogen and oxygen atoms in total. The Balaban J connectivity index is 2.04. The summed E-state index contributed by atoms with van der Waals surface area (Å²) in [6.07, 6.45) is 5.57. The van der Waals surface area contributed by atoms with Gasteiger partial charge in [0, 0.05) is 19.2 Å². The fourth-order valence-corrected chi connectivity index (χ4v) is 3.79. The summed E-state index contributed by atoms with van der Waals surface area (Å²) < 4.78 is 0. The molecule has 0 unspecified atom stereocenters. The van der Waals surface area contributed by atoms with Crippen molar-refractivity contribution >= 4 is 46.8 Å². The van der Waals surface area contributed by atoms with E-state index in [-0.39, 0.29) is 34.1 Å². The number of halogens is 1. The van der Waals surface area contributed by atoms with Gasteiger partial charge in [0.1, 0.15) is 11.4 Å². The van der Waals surface area contributed by atoms with Crippen LogP contribution in [0.3, 0.4) is 0 Å². The molecule has 1 aromatic heterocycles. The average Bonchev–Trinajstić information content (AvgIpc) is 2.74. The van der Waals surface area contributed by atoms with Gasteiger partial charge < -0.3 is 10.6 Å². The Morgan fingerprint density at radius 1 is 1.33 bits per heavy atom. The molecule has 1 saturated carbocycles. The van der Waals surface area contributed by atoms with Crippen molar-refractivity contribution in [3.63, 3.8) is 0 Å². The van der Waals surface area contributed by atoms with Gasteiger partial charge in [0.25, 0.3) is 5.69 Å². The van der Waals surface area contributed by atoms with Crippen molar-refractivity contribution in [3.05, 3.63) is 39.0 Å². The highest BCUT2D eigenvalue weighted by molar-refractivity contribution is 6.32. The van der Waals surface area contributed by atoms with Crippen LogP contribution in [0.1, 0.15) is 37.7 Å². The number of hydrogen-bond donors (Lipinski definition) is 2.